The predicted octanol–water partition coefficient (Wildman–Crippen LogP) is 4.15. The smallest absolute Gasteiger partial charge is 0.310 e. The summed E-state index contributed by atoms with van der Waals surface area (Å²) in [5, 5.41) is 42.9. The number of rotatable bonds is 2. The average Bonchev–Trinajstić information content (AvgIpc) is 3.64. The normalized spacial score (nSPS) is 62.7. The quantitative estimate of drug-likeness (QED) is 0.455. The molecule has 3 spiro atoms. The highest BCUT2D eigenvalue weighted by molar-refractivity contribution is 5.77. The summed E-state index contributed by atoms with van der Waals surface area (Å²) in [5.41, 5.74) is 0.768. The molecule has 4 N–H and O–H groups in total. The van der Waals surface area contributed by atoms with Gasteiger partial charge in [0.25, 0.3) is 0 Å². The van der Waals surface area contributed by atoms with Crippen molar-refractivity contribution in [2.24, 2.45) is 56.7 Å². The van der Waals surface area contributed by atoms with Gasteiger partial charge in [0.1, 0.15) is 0 Å². The lowest BCUT2D eigenvalue weighted by atomic mass is 9.48. The number of aliphatic carboxylic acids is 1. The van der Waals surface area contributed by atoms with Crippen molar-refractivity contribution in [2.45, 2.75) is 96.7 Å². The van der Waals surface area contributed by atoms with Gasteiger partial charge in [-0.15, -0.1) is 0 Å². The van der Waals surface area contributed by atoms with Crippen LogP contribution in [0.1, 0.15) is 84.5 Å². The number of aliphatic hydroxyl groups is 3. The summed E-state index contributed by atoms with van der Waals surface area (Å²) >= 11 is 0. The second-order valence-electron chi connectivity index (χ2n) is 14.1. The second-order valence-corrected chi connectivity index (χ2v) is 14.1. The lowest BCUT2D eigenvalue weighted by Crippen LogP contribution is -2.59. The van der Waals surface area contributed by atoms with Crippen LogP contribution in [0.2, 0.25) is 0 Å². The van der Waals surface area contributed by atoms with Crippen molar-refractivity contribution in [1.82, 2.24) is 0 Å². The Morgan fingerprint density at radius 2 is 1.91 bits per heavy atom. The first kappa shape index (κ1) is 22.3. The number of aliphatic hydroxyl groups excluding tert-OH is 3. The average molecular weight is 471 g/mol. The van der Waals surface area contributed by atoms with Crippen LogP contribution in [-0.4, -0.2) is 45.2 Å². The molecule has 0 saturated heterocycles. The molecule has 0 aromatic carbocycles. The number of allylic oxidation sites excluding steroid dienone is 2. The summed E-state index contributed by atoms with van der Waals surface area (Å²) in [5.74, 6) is 1.43. The highest BCUT2D eigenvalue weighted by atomic mass is 16.4. The Morgan fingerprint density at radius 1 is 1.12 bits per heavy atom. The Kier molecular flexibility index (Phi) is 4.26. The number of carbonyl (C=O) groups is 1. The SMILES string of the molecule is C[C@H]1CCC[C@]2(C(=O)O)CCC34C[C@]35CCC3[C@@]6(C[C@@H](O)[C@H](O)[C@@]3(C)CO)C(CC/C=C\4C12)C65. The number of hydrogen-bond donors (Lipinski definition) is 4. The number of hydrogen-bond acceptors (Lipinski definition) is 4. The van der Waals surface area contributed by atoms with E-state index in [1.165, 1.54) is 12.0 Å². The molecule has 6 fully saturated rings. The molecule has 0 bridgehead atoms. The maximum absolute atomic E-state index is 12.7. The van der Waals surface area contributed by atoms with E-state index >= 15 is 0 Å². The van der Waals surface area contributed by atoms with Crippen LogP contribution in [0.4, 0.5) is 0 Å². The molecule has 0 radical (unpaired) electrons. The Hall–Kier alpha value is -0.910. The Labute approximate surface area is 203 Å². The molecule has 7 rings (SSSR count). The highest BCUT2D eigenvalue weighted by Crippen LogP contribution is 2.93. The Morgan fingerprint density at radius 3 is 2.65 bits per heavy atom. The maximum atomic E-state index is 12.7. The molecule has 188 valence electrons. The van der Waals surface area contributed by atoms with Crippen molar-refractivity contribution in [1.29, 1.82) is 0 Å². The minimum absolute atomic E-state index is 0.0423. The molecule has 7 aliphatic rings. The van der Waals surface area contributed by atoms with Gasteiger partial charge in [0, 0.05) is 5.41 Å². The molecule has 6 saturated carbocycles. The largest absolute Gasteiger partial charge is 0.481 e. The molecular formula is C29H42O5. The van der Waals surface area contributed by atoms with Crippen LogP contribution in [0.15, 0.2) is 11.6 Å². The summed E-state index contributed by atoms with van der Waals surface area (Å²) in [4.78, 5) is 12.7. The molecule has 0 aromatic rings. The second kappa shape index (κ2) is 6.50. The molecule has 0 amide bonds. The van der Waals surface area contributed by atoms with E-state index in [1.54, 1.807) is 0 Å². The van der Waals surface area contributed by atoms with E-state index in [4.69, 9.17) is 0 Å². The third-order valence-corrected chi connectivity index (χ3v) is 13.5. The number of carboxylic acids is 1. The predicted molar refractivity (Wildman–Crippen MR) is 127 cm³/mol. The van der Waals surface area contributed by atoms with Gasteiger partial charge in [0.05, 0.1) is 24.2 Å². The highest BCUT2D eigenvalue weighted by Gasteiger charge is 2.88. The molecule has 12 atom stereocenters. The zero-order valence-corrected chi connectivity index (χ0v) is 20.8. The van der Waals surface area contributed by atoms with Gasteiger partial charge in [-0.2, -0.15) is 0 Å². The molecule has 0 aromatic heterocycles. The van der Waals surface area contributed by atoms with Gasteiger partial charge in [0.2, 0.25) is 0 Å². The zero-order valence-electron chi connectivity index (χ0n) is 20.8. The van der Waals surface area contributed by atoms with Crippen LogP contribution < -0.4 is 0 Å². The molecule has 5 heteroatoms. The van der Waals surface area contributed by atoms with Crippen molar-refractivity contribution in [3.05, 3.63) is 11.6 Å². The van der Waals surface area contributed by atoms with Crippen molar-refractivity contribution in [3.8, 4) is 0 Å². The molecule has 34 heavy (non-hydrogen) atoms. The fourth-order valence-corrected chi connectivity index (χ4v) is 12.3. The van der Waals surface area contributed by atoms with E-state index in [-0.39, 0.29) is 34.7 Å². The minimum Gasteiger partial charge on any atom is -0.481 e. The first-order valence-electron chi connectivity index (χ1n) is 14.1. The van der Waals surface area contributed by atoms with Crippen molar-refractivity contribution < 1.29 is 25.2 Å². The number of carboxylic acid groups (broad SMARTS) is 1. The lowest BCUT2D eigenvalue weighted by Gasteiger charge is -2.56. The van der Waals surface area contributed by atoms with E-state index in [0.717, 1.165) is 57.8 Å². The fraction of sp³-hybridized carbons (Fsp3) is 0.897. The fourth-order valence-electron chi connectivity index (χ4n) is 12.3. The van der Waals surface area contributed by atoms with Crippen LogP contribution in [0.25, 0.3) is 0 Å². The standard InChI is InChI=1S/C29H42O5/c1-16-5-4-9-26(24(33)34)11-12-27-14-28(27)10-8-20-25(2,15-30)23(32)19(31)13-29(20)18(22(28)29)7-3-6-17(27)21(16)26/h6,16,18-23,30-32H,3-5,7-15H2,1-2H3,(H,33,34)/b17-6-/t16-,18?,19+,20?,21?,22?,23-,25-,26-,27?,28-,29+/m0/s1. The minimum atomic E-state index is -0.856. The first-order valence-corrected chi connectivity index (χ1v) is 14.1. The summed E-state index contributed by atoms with van der Waals surface area (Å²) < 4.78 is 0. The zero-order chi connectivity index (χ0) is 23.9. The first-order chi connectivity index (χ1) is 16.1. The van der Waals surface area contributed by atoms with Gasteiger partial charge in [-0.1, -0.05) is 38.3 Å². The maximum Gasteiger partial charge on any atom is 0.310 e. The summed E-state index contributed by atoms with van der Waals surface area (Å²) in [6.07, 6.45) is 11.9. The van der Waals surface area contributed by atoms with E-state index in [9.17, 15) is 25.2 Å². The third-order valence-electron chi connectivity index (χ3n) is 13.5. The molecule has 0 heterocycles. The third kappa shape index (κ3) is 2.16. The van der Waals surface area contributed by atoms with Crippen molar-refractivity contribution in [3.63, 3.8) is 0 Å². The summed E-state index contributed by atoms with van der Waals surface area (Å²) in [7, 11) is 0. The summed E-state index contributed by atoms with van der Waals surface area (Å²) in [6, 6.07) is 0. The van der Waals surface area contributed by atoms with E-state index in [0.29, 0.717) is 24.2 Å². The molecule has 0 aliphatic heterocycles. The van der Waals surface area contributed by atoms with Gasteiger partial charge in [-0.05, 0) is 104 Å². The Balaban J connectivity index is 1.32. The topological polar surface area (TPSA) is 98.0 Å². The monoisotopic (exact) mass is 470 g/mol. The van der Waals surface area contributed by atoms with Crippen LogP contribution in [-0.2, 0) is 4.79 Å². The molecule has 5 unspecified atom stereocenters. The van der Waals surface area contributed by atoms with Gasteiger partial charge in [0.15, 0.2) is 0 Å². The van der Waals surface area contributed by atoms with Crippen molar-refractivity contribution >= 4 is 5.97 Å². The van der Waals surface area contributed by atoms with Gasteiger partial charge < -0.3 is 20.4 Å². The molecule has 7 aliphatic carbocycles. The number of fused-ring (bicyclic) bond motifs is 2. The van der Waals surface area contributed by atoms with E-state index in [1.807, 2.05) is 6.92 Å². The Bertz CT molecular complexity index is 976. The van der Waals surface area contributed by atoms with Crippen LogP contribution in [0.5, 0.6) is 0 Å². The lowest BCUT2D eigenvalue weighted by molar-refractivity contribution is -0.180. The van der Waals surface area contributed by atoms with Crippen LogP contribution >= 0.6 is 0 Å². The van der Waals surface area contributed by atoms with Crippen LogP contribution in [0.3, 0.4) is 0 Å². The van der Waals surface area contributed by atoms with Crippen molar-refractivity contribution in [2.75, 3.05) is 6.61 Å². The van der Waals surface area contributed by atoms with E-state index < -0.39 is 29.0 Å². The van der Waals surface area contributed by atoms with E-state index in [2.05, 4.69) is 13.0 Å². The van der Waals surface area contributed by atoms with Gasteiger partial charge in [-0.25, -0.2) is 0 Å². The van der Waals surface area contributed by atoms with Gasteiger partial charge in [-0.3, -0.25) is 4.79 Å². The van der Waals surface area contributed by atoms with Gasteiger partial charge >= 0.3 is 5.97 Å². The summed E-state index contributed by atoms with van der Waals surface area (Å²) in [6.45, 7) is 4.24. The van der Waals surface area contributed by atoms with Crippen LogP contribution in [0, 0.1) is 56.7 Å². The molecular weight excluding hydrogens is 428 g/mol. The molecule has 5 nitrogen and oxygen atoms in total.